The molecule has 0 aliphatic rings. The molecule has 0 aliphatic heterocycles. The Morgan fingerprint density at radius 3 is 2.44 bits per heavy atom. The van der Waals surface area contributed by atoms with Crippen LogP contribution in [0.1, 0.15) is 30.6 Å². The topological polar surface area (TPSA) is 151 Å². The minimum atomic E-state index is -1.13. The molecule has 6 N–H and O–H groups in total. The highest BCUT2D eigenvalue weighted by molar-refractivity contribution is 5.98. The van der Waals surface area contributed by atoms with Crippen molar-refractivity contribution in [3.8, 4) is 0 Å². The summed E-state index contributed by atoms with van der Waals surface area (Å²) < 4.78 is 0. The van der Waals surface area contributed by atoms with Crippen molar-refractivity contribution in [1.29, 1.82) is 0 Å². The van der Waals surface area contributed by atoms with E-state index >= 15 is 0 Å². The van der Waals surface area contributed by atoms with Gasteiger partial charge in [-0.2, -0.15) is 0 Å². The summed E-state index contributed by atoms with van der Waals surface area (Å²) in [5.74, 6) is -2.18. The van der Waals surface area contributed by atoms with Gasteiger partial charge in [0.2, 0.25) is 5.91 Å². The van der Waals surface area contributed by atoms with Crippen LogP contribution in [0.2, 0.25) is 0 Å². The van der Waals surface area contributed by atoms with Gasteiger partial charge in [-0.05, 0) is 30.5 Å². The van der Waals surface area contributed by atoms with E-state index in [4.69, 9.17) is 10.8 Å². The van der Waals surface area contributed by atoms with Crippen molar-refractivity contribution in [1.82, 2.24) is 10.6 Å². The quantitative estimate of drug-likeness (QED) is 0.463. The van der Waals surface area contributed by atoms with Crippen LogP contribution in [-0.2, 0) is 9.59 Å². The molecule has 4 amide bonds. The second-order valence-electron chi connectivity index (χ2n) is 5.84. The highest BCUT2D eigenvalue weighted by Gasteiger charge is 2.21. The number of amides is 4. The van der Waals surface area contributed by atoms with Crippen LogP contribution in [0.5, 0.6) is 0 Å². The maximum Gasteiger partial charge on any atom is 0.326 e. The molecule has 0 radical (unpaired) electrons. The lowest BCUT2D eigenvalue weighted by Crippen LogP contribution is -2.46. The number of carboxylic acid groups (broad SMARTS) is 1. The maximum atomic E-state index is 12.0. The van der Waals surface area contributed by atoms with Crippen LogP contribution in [-0.4, -0.2) is 41.5 Å². The molecule has 136 valence electrons. The lowest BCUT2D eigenvalue weighted by Gasteiger charge is -2.16. The van der Waals surface area contributed by atoms with Crippen LogP contribution in [0.3, 0.4) is 0 Å². The summed E-state index contributed by atoms with van der Waals surface area (Å²) in [6, 6.07) is 4.23. The largest absolute Gasteiger partial charge is 0.480 e. The summed E-state index contributed by atoms with van der Waals surface area (Å²) in [5, 5.41) is 16.2. The van der Waals surface area contributed by atoms with Gasteiger partial charge in [0, 0.05) is 11.3 Å². The van der Waals surface area contributed by atoms with Crippen molar-refractivity contribution in [2.45, 2.75) is 26.3 Å². The highest BCUT2D eigenvalue weighted by atomic mass is 16.4. The standard InChI is InChI=1S/C16H22N4O5/c1-9(2)6-12(15(23)24)20-13(21)8-18-14(22)10-4-3-5-11(7-10)19-16(17)25/h3-5,7,9,12H,6,8H2,1-2H3,(H,18,22)(H,20,21)(H,23,24)(H3,17,19,25)/t12-/m0/s1. The summed E-state index contributed by atoms with van der Waals surface area (Å²) in [6.45, 7) is 3.32. The second kappa shape index (κ2) is 9.26. The van der Waals surface area contributed by atoms with Crippen molar-refractivity contribution in [3.63, 3.8) is 0 Å². The van der Waals surface area contributed by atoms with Crippen molar-refractivity contribution < 1.29 is 24.3 Å². The molecule has 1 rings (SSSR count). The van der Waals surface area contributed by atoms with Gasteiger partial charge in [0.05, 0.1) is 6.54 Å². The van der Waals surface area contributed by atoms with Crippen molar-refractivity contribution >= 4 is 29.5 Å². The summed E-state index contributed by atoms with van der Waals surface area (Å²) in [4.78, 5) is 45.8. The Morgan fingerprint density at radius 2 is 1.88 bits per heavy atom. The molecule has 25 heavy (non-hydrogen) atoms. The number of carboxylic acids is 1. The summed E-state index contributed by atoms with van der Waals surface area (Å²) in [7, 11) is 0. The van der Waals surface area contributed by atoms with Gasteiger partial charge >= 0.3 is 12.0 Å². The fourth-order valence-corrected chi connectivity index (χ4v) is 2.08. The number of nitrogens with two attached hydrogens (primary N) is 1. The summed E-state index contributed by atoms with van der Waals surface area (Å²) in [5.41, 5.74) is 5.56. The monoisotopic (exact) mass is 350 g/mol. The first-order valence-electron chi connectivity index (χ1n) is 7.66. The van der Waals surface area contributed by atoms with Crippen molar-refractivity contribution in [2.75, 3.05) is 11.9 Å². The van der Waals surface area contributed by atoms with Crippen LogP contribution < -0.4 is 21.7 Å². The third-order valence-corrected chi connectivity index (χ3v) is 3.14. The van der Waals surface area contributed by atoms with Crippen LogP contribution >= 0.6 is 0 Å². The average Bonchev–Trinajstić information content (AvgIpc) is 2.51. The van der Waals surface area contributed by atoms with Crippen molar-refractivity contribution in [3.05, 3.63) is 29.8 Å². The first kappa shape index (κ1) is 19.9. The second-order valence-corrected chi connectivity index (χ2v) is 5.84. The average molecular weight is 350 g/mol. The predicted octanol–water partition coefficient (Wildman–Crippen LogP) is 0.523. The number of carbonyl (C=O) groups is 4. The van der Waals surface area contributed by atoms with Crippen molar-refractivity contribution in [2.24, 2.45) is 11.7 Å². The number of rotatable bonds is 8. The molecule has 0 aliphatic carbocycles. The van der Waals surface area contributed by atoms with Gasteiger partial charge in [0.1, 0.15) is 6.04 Å². The zero-order valence-corrected chi connectivity index (χ0v) is 14.0. The zero-order valence-electron chi connectivity index (χ0n) is 14.0. The molecule has 0 unspecified atom stereocenters. The third-order valence-electron chi connectivity index (χ3n) is 3.14. The number of urea groups is 1. The smallest absolute Gasteiger partial charge is 0.326 e. The van der Waals surface area contributed by atoms with Gasteiger partial charge in [-0.15, -0.1) is 0 Å². The molecule has 9 heteroatoms. The SMILES string of the molecule is CC(C)C[C@H](NC(=O)CNC(=O)c1cccc(NC(N)=O)c1)C(=O)O. The molecule has 0 bridgehead atoms. The molecule has 0 heterocycles. The molecule has 1 aromatic rings. The molecule has 0 saturated carbocycles. The van der Waals surface area contributed by atoms with Gasteiger partial charge in [-0.25, -0.2) is 9.59 Å². The molecule has 1 atom stereocenters. The first-order valence-corrected chi connectivity index (χ1v) is 7.66. The lowest BCUT2D eigenvalue weighted by molar-refractivity contribution is -0.142. The van der Waals surface area contributed by atoms with E-state index < -0.39 is 29.9 Å². The Kier molecular flexibility index (Phi) is 7.39. The van der Waals surface area contributed by atoms with Gasteiger partial charge < -0.3 is 26.8 Å². The number of benzene rings is 1. The van der Waals surface area contributed by atoms with E-state index in [1.54, 1.807) is 12.1 Å². The van der Waals surface area contributed by atoms with Gasteiger partial charge in [0.25, 0.3) is 5.91 Å². The van der Waals surface area contributed by atoms with E-state index in [9.17, 15) is 19.2 Å². The lowest BCUT2D eigenvalue weighted by atomic mass is 10.0. The predicted molar refractivity (Wildman–Crippen MR) is 91.0 cm³/mol. The Labute approximate surface area is 145 Å². The minimum Gasteiger partial charge on any atom is -0.480 e. The Morgan fingerprint density at radius 1 is 1.20 bits per heavy atom. The van der Waals surface area contributed by atoms with Gasteiger partial charge in [-0.1, -0.05) is 19.9 Å². The van der Waals surface area contributed by atoms with Gasteiger partial charge in [-0.3, -0.25) is 9.59 Å². The number of carbonyl (C=O) groups excluding carboxylic acids is 3. The molecule has 1 aromatic carbocycles. The number of hydrogen-bond donors (Lipinski definition) is 5. The summed E-state index contributed by atoms with van der Waals surface area (Å²) >= 11 is 0. The molecular weight excluding hydrogens is 328 g/mol. The minimum absolute atomic E-state index is 0.0940. The number of aliphatic carboxylic acids is 1. The third kappa shape index (κ3) is 7.34. The fourth-order valence-electron chi connectivity index (χ4n) is 2.08. The normalized spacial score (nSPS) is 11.5. The molecule has 0 aromatic heterocycles. The van der Waals surface area contributed by atoms with E-state index in [-0.39, 0.29) is 24.4 Å². The Bertz CT molecular complexity index is 660. The molecular formula is C16H22N4O5. The van der Waals surface area contributed by atoms with Crippen LogP contribution in [0.25, 0.3) is 0 Å². The van der Waals surface area contributed by atoms with Crippen LogP contribution in [0.4, 0.5) is 10.5 Å². The Hall–Kier alpha value is -3.10. The maximum absolute atomic E-state index is 12.0. The first-order chi connectivity index (χ1) is 11.7. The molecule has 9 nitrogen and oxygen atoms in total. The number of nitrogens with one attached hydrogen (secondary N) is 3. The number of hydrogen-bond acceptors (Lipinski definition) is 4. The van der Waals surface area contributed by atoms with Crippen LogP contribution in [0, 0.1) is 5.92 Å². The van der Waals surface area contributed by atoms with Gasteiger partial charge in [0.15, 0.2) is 0 Å². The molecule has 0 saturated heterocycles. The molecule has 0 fully saturated rings. The van der Waals surface area contributed by atoms with Crippen LogP contribution in [0.15, 0.2) is 24.3 Å². The fraction of sp³-hybridized carbons (Fsp3) is 0.375. The van der Waals surface area contributed by atoms with E-state index in [1.165, 1.54) is 12.1 Å². The number of anilines is 1. The highest BCUT2D eigenvalue weighted by Crippen LogP contribution is 2.10. The molecule has 0 spiro atoms. The summed E-state index contributed by atoms with van der Waals surface area (Å²) in [6.07, 6.45) is 0.288. The zero-order chi connectivity index (χ0) is 19.0. The Balaban J connectivity index is 2.59. The van der Waals surface area contributed by atoms with E-state index in [0.717, 1.165) is 0 Å². The number of primary amides is 1. The van der Waals surface area contributed by atoms with E-state index in [2.05, 4.69) is 16.0 Å². The van der Waals surface area contributed by atoms with E-state index in [0.29, 0.717) is 5.69 Å². The van der Waals surface area contributed by atoms with E-state index in [1.807, 2.05) is 13.8 Å².